The molecule has 1 heterocycles. The van der Waals surface area contributed by atoms with E-state index in [-0.39, 0.29) is 36.0 Å². The molecule has 0 aromatic heterocycles. The Morgan fingerprint density at radius 1 is 0.967 bits per heavy atom. The van der Waals surface area contributed by atoms with Crippen molar-refractivity contribution >= 4 is 11.7 Å². The van der Waals surface area contributed by atoms with E-state index in [1.807, 2.05) is 12.1 Å². The van der Waals surface area contributed by atoms with Gasteiger partial charge in [0.05, 0.1) is 12.7 Å². The lowest BCUT2D eigenvalue weighted by molar-refractivity contribution is -0.138. The molecule has 1 amide bonds. The van der Waals surface area contributed by atoms with Crippen LogP contribution in [0.1, 0.15) is 47.8 Å². The van der Waals surface area contributed by atoms with Gasteiger partial charge in [-0.25, -0.2) is 0 Å². The van der Waals surface area contributed by atoms with Crippen molar-refractivity contribution in [3.05, 3.63) is 76.5 Å². The highest BCUT2D eigenvalue weighted by molar-refractivity contribution is 6.02. The maximum absolute atomic E-state index is 13.6. The van der Waals surface area contributed by atoms with Crippen molar-refractivity contribution in [2.24, 2.45) is 0 Å². The summed E-state index contributed by atoms with van der Waals surface area (Å²) in [6, 6.07) is 12.5. The SMILES string of the molecule is COc1ccc([C@H]2CC(=O)C3=C(C2)NC(=O)C[C@@H]3c2ccccc2C(F)(F)F)cc1. The number of amides is 1. The van der Waals surface area contributed by atoms with Gasteiger partial charge in [0.25, 0.3) is 0 Å². The number of hydrogen-bond acceptors (Lipinski definition) is 3. The number of carbonyl (C=O) groups excluding carboxylic acids is 2. The van der Waals surface area contributed by atoms with Crippen molar-refractivity contribution in [1.29, 1.82) is 0 Å². The van der Waals surface area contributed by atoms with Crippen LogP contribution >= 0.6 is 0 Å². The molecule has 1 N–H and O–H groups in total. The zero-order valence-electron chi connectivity index (χ0n) is 16.3. The minimum absolute atomic E-state index is 0.0244. The van der Waals surface area contributed by atoms with Crippen LogP contribution in [0.2, 0.25) is 0 Å². The molecule has 0 unspecified atom stereocenters. The van der Waals surface area contributed by atoms with E-state index in [0.29, 0.717) is 23.4 Å². The van der Waals surface area contributed by atoms with Gasteiger partial charge >= 0.3 is 6.18 Å². The Morgan fingerprint density at radius 3 is 2.33 bits per heavy atom. The minimum atomic E-state index is -4.56. The van der Waals surface area contributed by atoms with Crippen LogP contribution in [0.25, 0.3) is 0 Å². The number of benzene rings is 2. The van der Waals surface area contributed by atoms with Gasteiger partial charge in [0, 0.05) is 30.0 Å². The summed E-state index contributed by atoms with van der Waals surface area (Å²) >= 11 is 0. The topological polar surface area (TPSA) is 55.4 Å². The number of carbonyl (C=O) groups is 2. The average molecular weight is 415 g/mol. The van der Waals surface area contributed by atoms with Gasteiger partial charge in [-0.3, -0.25) is 9.59 Å². The van der Waals surface area contributed by atoms with Crippen LogP contribution in [0.3, 0.4) is 0 Å². The van der Waals surface area contributed by atoms with Crippen LogP contribution in [0.5, 0.6) is 5.75 Å². The Bertz CT molecular complexity index is 1020. The molecule has 30 heavy (non-hydrogen) atoms. The number of nitrogens with one attached hydrogen (secondary N) is 1. The number of rotatable bonds is 3. The summed E-state index contributed by atoms with van der Waals surface area (Å²) in [5.74, 6) is -0.955. The predicted molar refractivity (Wildman–Crippen MR) is 104 cm³/mol. The minimum Gasteiger partial charge on any atom is -0.497 e. The van der Waals surface area contributed by atoms with Crippen molar-refractivity contribution < 1.29 is 27.5 Å². The molecule has 2 atom stereocenters. The van der Waals surface area contributed by atoms with Gasteiger partial charge in [0.15, 0.2) is 5.78 Å². The maximum atomic E-state index is 13.6. The molecule has 7 heteroatoms. The Balaban J connectivity index is 1.73. The van der Waals surface area contributed by atoms with E-state index >= 15 is 0 Å². The summed E-state index contributed by atoms with van der Waals surface area (Å²) in [4.78, 5) is 25.4. The fraction of sp³-hybridized carbons (Fsp3) is 0.304. The van der Waals surface area contributed by atoms with Gasteiger partial charge in [0.2, 0.25) is 5.91 Å². The summed E-state index contributed by atoms with van der Waals surface area (Å²) in [5.41, 5.74) is 0.828. The number of allylic oxidation sites excluding steroid dienone is 2. The Labute approximate surface area is 171 Å². The van der Waals surface area contributed by atoms with Gasteiger partial charge < -0.3 is 10.1 Å². The lowest BCUT2D eigenvalue weighted by Gasteiger charge is -2.35. The third-order valence-corrected chi connectivity index (χ3v) is 5.76. The maximum Gasteiger partial charge on any atom is 0.416 e. The van der Waals surface area contributed by atoms with E-state index in [9.17, 15) is 22.8 Å². The number of halogens is 3. The number of methoxy groups -OCH3 is 1. The van der Waals surface area contributed by atoms with Crippen LogP contribution < -0.4 is 10.1 Å². The molecule has 0 saturated heterocycles. The molecule has 0 fully saturated rings. The molecule has 1 aliphatic heterocycles. The van der Waals surface area contributed by atoms with Crippen molar-refractivity contribution in [3.8, 4) is 5.75 Å². The molecule has 1 aliphatic carbocycles. The number of hydrogen-bond donors (Lipinski definition) is 1. The van der Waals surface area contributed by atoms with Crippen LogP contribution in [0.4, 0.5) is 13.2 Å². The van der Waals surface area contributed by atoms with Crippen molar-refractivity contribution in [2.75, 3.05) is 7.11 Å². The summed E-state index contributed by atoms with van der Waals surface area (Å²) in [5, 5.41) is 2.74. The van der Waals surface area contributed by atoms with Gasteiger partial charge in [0.1, 0.15) is 5.75 Å². The average Bonchev–Trinajstić information content (AvgIpc) is 2.72. The second-order valence-electron chi connectivity index (χ2n) is 7.58. The molecule has 2 aromatic carbocycles. The second kappa shape index (κ2) is 7.63. The molecule has 4 rings (SSSR count). The summed E-state index contributed by atoms with van der Waals surface area (Å²) in [6.45, 7) is 0. The third kappa shape index (κ3) is 3.72. The molecular weight excluding hydrogens is 395 g/mol. The third-order valence-electron chi connectivity index (χ3n) is 5.76. The molecule has 0 radical (unpaired) electrons. The summed E-state index contributed by atoms with van der Waals surface area (Å²) < 4.78 is 45.8. The van der Waals surface area contributed by atoms with E-state index in [1.54, 1.807) is 19.2 Å². The Kier molecular flexibility index (Phi) is 5.13. The Hall–Kier alpha value is -3.09. The zero-order chi connectivity index (χ0) is 21.5. The summed E-state index contributed by atoms with van der Waals surface area (Å²) in [6.07, 6.45) is -4.16. The first-order valence-electron chi connectivity index (χ1n) is 9.64. The fourth-order valence-electron chi connectivity index (χ4n) is 4.40. The van der Waals surface area contributed by atoms with E-state index in [1.165, 1.54) is 18.2 Å². The van der Waals surface area contributed by atoms with Crippen LogP contribution in [0, 0.1) is 0 Å². The van der Waals surface area contributed by atoms with Crippen molar-refractivity contribution in [2.45, 2.75) is 37.3 Å². The van der Waals surface area contributed by atoms with Crippen molar-refractivity contribution in [1.82, 2.24) is 5.32 Å². The molecule has 0 spiro atoms. The van der Waals surface area contributed by atoms with Gasteiger partial charge in [-0.05, 0) is 41.7 Å². The lowest BCUT2D eigenvalue weighted by atomic mass is 9.72. The van der Waals surface area contributed by atoms with Crippen LogP contribution in [-0.2, 0) is 15.8 Å². The van der Waals surface area contributed by atoms with E-state index in [4.69, 9.17) is 4.74 Å². The van der Waals surface area contributed by atoms with Gasteiger partial charge in [-0.2, -0.15) is 13.2 Å². The highest BCUT2D eigenvalue weighted by atomic mass is 19.4. The molecule has 156 valence electrons. The first-order valence-corrected chi connectivity index (χ1v) is 9.64. The zero-order valence-corrected chi connectivity index (χ0v) is 16.3. The molecular formula is C23H20F3NO3. The van der Waals surface area contributed by atoms with Crippen LogP contribution in [-0.4, -0.2) is 18.8 Å². The van der Waals surface area contributed by atoms with Crippen molar-refractivity contribution in [3.63, 3.8) is 0 Å². The lowest BCUT2D eigenvalue weighted by Crippen LogP contribution is -2.38. The Morgan fingerprint density at radius 2 is 1.67 bits per heavy atom. The normalized spacial score (nSPS) is 21.9. The predicted octanol–water partition coefficient (Wildman–Crippen LogP) is 4.72. The fourth-order valence-corrected chi connectivity index (χ4v) is 4.40. The quantitative estimate of drug-likeness (QED) is 0.789. The largest absolute Gasteiger partial charge is 0.497 e. The molecule has 2 aromatic rings. The van der Waals surface area contributed by atoms with E-state index < -0.39 is 17.7 Å². The monoisotopic (exact) mass is 415 g/mol. The summed E-state index contributed by atoms with van der Waals surface area (Å²) in [7, 11) is 1.56. The number of alkyl halides is 3. The standard InChI is InChI=1S/C23H20F3NO3/c1-30-15-8-6-13(7-9-15)14-10-19-22(20(28)11-14)17(12-21(29)27-19)16-4-2-3-5-18(16)23(24,25)26/h2-9,14,17H,10-12H2,1H3,(H,27,29)/t14-,17-/m1/s1. The van der Waals surface area contributed by atoms with Gasteiger partial charge in [-0.1, -0.05) is 30.3 Å². The highest BCUT2D eigenvalue weighted by Crippen LogP contribution is 2.45. The molecule has 0 bridgehead atoms. The van der Waals surface area contributed by atoms with E-state index in [0.717, 1.165) is 11.6 Å². The van der Waals surface area contributed by atoms with E-state index in [2.05, 4.69) is 5.32 Å². The number of ketones is 1. The second-order valence-corrected chi connectivity index (χ2v) is 7.58. The van der Waals surface area contributed by atoms with Crippen LogP contribution in [0.15, 0.2) is 59.8 Å². The molecule has 2 aliphatic rings. The smallest absolute Gasteiger partial charge is 0.416 e. The first kappa shape index (κ1) is 20.2. The number of ether oxygens (including phenoxy) is 1. The molecule has 4 nitrogen and oxygen atoms in total. The first-order chi connectivity index (χ1) is 14.3. The van der Waals surface area contributed by atoms with Gasteiger partial charge in [-0.15, -0.1) is 0 Å². The highest BCUT2D eigenvalue weighted by Gasteiger charge is 2.42. The molecule has 0 saturated carbocycles. The number of Topliss-reactive ketones (excluding diaryl/α,β-unsaturated/α-hetero) is 1.